The van der Waals surface area contributed by atoms with E-state index in [0.717, 1.165) is 12.8 Å². The van der Waals surface area contributed by atoms with Gasteiger partial charge in [0.25, 0.3) is 0 Å². The minimum Gasteiger partial charge on any atom is -0.368 e. The third kappa shape index (κ3) is 3.82. The molecule has 0 aliphatic heterocycles. The van der Waals surface area contributed by atoms with E-state index < -0.39 is 11.9 Å². The van der Waals surface area contributed by atoms with E-state index in [2.05, 4.69) is 29.7 Å². The zero-order chi connectivity index (χ0) is 17.9. The summed E-state index contributed by atoms with van der Waals surface area (Å²) in [6, 6.07) is 16.0. The van der Waals surface area contributed by atoms with Crippen LogP contribution in [0.3, 0.4) is 0 Å². The number of nitrogens with one attached hydrogen (secondary N) is 2. The maximum Gasteiger partial charge on any atom is 0.315 e. The minimum absolute atomic E-state index is 0.0116. The lowest BCUT2D eigenvalue weighted by Gasteiger charge is -2.21. The van der Waals surface area contributed by atoms with Crippen LogP contribution >= 0.6 is 0 Å². The first kappa shape index (κ1) is 17.0. The third-order valence-electron chi connectivity index (χ3n) is 4.85. The van der Waals surface area contributed by atoms with Gasteiger partial charge in [-0.15, -0.1) is 0 Å². The Morgan fingerprint density at radius 3 is 2.32 bits per heavy atom. The zero-order valence-corrected chi connectivity index (χ0v) is 14.3. The van der Waals surface area contributed by atoms with Crippen LogP contribution in [0.1, 0.15) is 35.6 Å². The van der Waals surface area contributed by atoms with Crippen molar-refractivity contribution in [3.8, 4) is 0 Å². The Labute approximate surface area is 147 Å². The fourth-order valence-electron chi connectivity index (χ4n) is 3.26. The molecule has 2 aromatic rings. The van der Waals surface area contributed by atoms with Gasteiger partial charge in [-0.2, -0.15) is 0 Å². The predicted molar refractivity (Wildman–Crippen MR) is 97.0 cm³/mol. The van der Waals surface area contributed by atoms with E-state index in [0.29, 0.717) is 12.1 Å². The molecule has 1 atom stereocenters. The molecule has 1 aliphatic carbocycles. The molecule has 0 bridgehead atoms. The normalized spacial score (nSPS) is 15.9. The van der Waals surface area contributed by atoms with Gasteiger partial charge < -0.3 is 16.4 Å². The van der Waals surface area contributed by atoms with Crippen molar-refractivity contribution in [1.82, 2.24) is 10.6 Å². The van der Waals surface area contributed by atoms with Crippen LogP contribution in [-0.2, 0) is 10.2 Å². The Morgan fingerprint density at radius 1 is 1.08 bits per heavy atom. The first-order valence-electron chi connectivity index (χ1n) is 8.47. The summed E-state index contributed by atoms with van der Waals surface area (Å²) in [6.07, 6.45) is 2.10. The van der Waals surface area contributed by atoms with Gasteiger partial charge in [0.2, 0.25) is 5.91 Å². The van der Waals surface area contributed by atoms with Crippen LogP contribution in [0.4, 0.5) is 4.79 Å². The van der Waals surface area contributed by atoms with Crippen molar-refractivity contribution >= 4 is 11.9 Å². The number of hydrogen-bond donors (Lipinski definition) is 3. The van der Waals surface area contributed by atoms with Crippen molar-refractivity contribution in [2.24, 2.45) is 5.73 Å². The average Bonchev–Trinajstić information content (AvgIpc) is 3.40. The highest BCUT2D eigenvalue weighted by Crippen LogP contribution is 2.48. The Balaban J connectivity index is 1.63. The van der Waals surface area contributed by atoms with E-state index in [9.17, 15) is 9.59 Å². The van der Waals surface area contributed by atoms with E-state index in [1.807, 2.05) is 30.3 Å². The van der Waals surface area contributed by atoms with Gasteiger partial charge in [0.15, 0.2) is 0 Å². The monoisotopic (exact) mass is 337 g/mol. The van der Waals surface area contributed by atoms with Gasteiger partial charge in [0, 0.05) is 12.0 Å². The fraction of sp³-hybridized carbons (Fsp3) is 0.300. The molecule has 5 nitrogen and oxygen atoms in total. The lowest BCUT2D eigenvalue weighted by atomic mass is 9.92. The first-order chi connectivity index (χ1) is 12.0. The lowest BCUT2D eigenvalue weighted by Crippen LogP contribution is -2.45. The van der Waals surface area contributed by atoms with Crippen LogP contribution in [0.15, 0.2) is 54.6 Å². The number of amides is 3. The van der Waals surface area contributed by atoms with Crippen LogP contribution in [-0.4, -0.2) is 18.5 Å². The SMILES string of the molecule is Cc1ccccc1C1(CNC(=O)N[C@@H](C(N)=O)c2ccccc2)CC1. The maximum absolute atomic E-state index is 12.3. The summed E-state index contributed by atoms with van der Waals surface area (Å²) < 4.78 is 0. The van der Waals surface area contributed by atoms with E-state index in [1.165, 1.54) is 11.1 Å². The molecule has 1 aliphatic rings. The average molecular weight is 337 g/mol. The van der Waals surface area contributed by atoms with Gasteiger partial charge in [-0.25, -0.2) is 4.79 Å². The molecule has 25 heavy (non-hydrogen) atoms. The van der Waals surface area contributed by atoms with E-state index in [-0.39, 0.29) is 11.4 Å². The molecule has 4 N–H and O–H groups in total. The molecule has 1 saturated carbocycles. The second-order valence-corrected chi connectivity index (χ2v) is 6.67. The van der Waals surface area contributed by atoms with Gasteiger partial charge in [-0.05, 0) is 36.5 Å². The summed E-state index contributed by atoms with van der Waals surface area (Å²) in [5.41, 5.74) is 8.64. The molecule has 3 amide bonds. The maximum atomic E-state index is 12.3. The second-order valence-electron chi connectivity index (χ2n) is 6.67. The van der Waals surface area contributed by atoms with Crippen molar-refractivity contribution in [2.75, 3.05) is 6.54 Å². The van der Waals surface area contributed by atoms with Crippen LogP contribution in [0.25, 0.3) is 0 Å². The van der Waals surface area contributed by atoms with Crippen molar-refractivity contribution in [1.29, 1.82) is 0 Å². The zero-order valence-electron chi connectivity index (χ0n) is 14.3. The Bertz CT molecular complexity index is 770. The highest BCUT2D eigenvalue weighted by atomic mass is 16.2. The summed E-state index contributed by atoms with van der Waals surface area (Å²) in [7, 11) is 0. The Kier molecular flexibility index (Phi) is 4.74. The molecule has 2 aromatic carbocycles. The standard InChI is InChI=1S/C20H23N3O2/c1-14-7-5-6-10-16(14)20(11-12-20)13-22-19(25)23-17(18(21)24)15-8-3-2-4-9-15/h2-10,17H,11-13H2,1H3,(H2,21,24)(H2,22,23,25)/t17-/m1/s1. The van der Waals surface area contributed by atoms with Crippen molar-refractivity contribution in [3.63, 3.8) is 0 Å². The topological polar surface area (TPSA) is 84.2 Å². The van der Waals surface area contributed by atoms with Gasteiger partial charge in [0.1, 0.15) is 6.04 Å². The van der Waals surface area contributed by atoms with Gasteiger partial charge in [0.05, 0.1) is 0 Å². The molecule has 0 saturated heterocycles. The summed E-state index contributed by atoms with van der Waals surface area (Å²) in [5, 5.41) is 5.58. The van der Waals surface area contributed by atoms with E-state index >= 15 is 0 Å². The summed E-state index contributed by atoms with van der Waals surface area (Å²) in [6.45, 7) is 2.64. The quantitative estimate of drug-likeness (QED) is 0.757. The highest BCUT2D eigenvalue weighted by molar-refractivity contribution is 5.87. The Hall–Kier alpha value is -2.82. The van der Waals surface area contributed by atoms with Gasteiger partial charge >= 0.3 is 6.03 Å². The number of benzene rings is 2. The second kappa shape index (κ2) is 6.97. The predicted octanol–water partition coefficient (Wildman–Crippen LogP) is 2.55. The molecule has 0 heterocycles. The number of rotatable bonds is 6. The number of carbonyl (C=O) groups is 2. The number of nitrogens with two attached hydrogens (primary N) is 1. The fourth-order valence-corrected chi connectivity index (χ4v) is 3.26. The Morgan fingerprint density at radius 2 is 1.72 bits per heavy atom. The smallest absolute Gasteiger partial charge is 0.315 e. The molecule has 0 spiro atoms. The van der Waals surface area contributed by atoms with Crippen LogP contribution in [0.5, 0.6) is 0 Å². The third-order valence-corrected chi connectivity index (χ3v) is 4.85. The number of aryl methyl sites for hydroxylation is 1. The molecular weight excluding hydrogens is 314 g/mol. The van der Waals surface area contributed by atoms with Crippen LogP contribution in [0.2, 0.25) is 0 Å². The summed E-state index contributed by atoms with van der Waals surface area (Å²) in [5.74, 6) is -0.582. The van der Waals surface area contributed by atoms with E-state index in [4.69, 9.17) is 5.73 Å². The molecular formula is C20H23N3O2. The van der Waals surface area contributed by atoms with Crippen LogP contribution in [0, 0.1) is 6.92 Å². The summed E-state index contributed by atoms with van der Waals surface area (Å²) in [4.78, 5) is 24.0. The highest BCUT2D eigenvalue weighted by Gasteiger charge is 2.45. The molecule has 130 valence electrons. The number of carbonyl (C=O) groups excluding carboxylic acids is 2. The molecule has 0 aromatic heterocycles. The van der Waals surface area contributed by atoms with Crippen molar-refractivity contribution in [2.45, 2.75) is 31.2 Å². The van der Waals surface area contributed by atoms with E-state index in [1.54, 1.807) is 12.1 Å². The number of hydrogen-bond acceptors (Lipinski definition) is 2. The molecule has 5 heteroatoms. The van der Waals surface area contributed by atoms with Crippen molar-refractivity contribution in [3.05, 3.63) is 71.3 Å². The lowest BCUT2D eigenvalue weighted by molar-refractivity contribution is -0.119. The minimum atomic E-state index is -0.838. The van der Waals surface area contributed by atoms with Crippen LogP contribution < -0.4 is 16.4 Å². The first-order valence-corrected chi connectivity index (χ1v) is 8.47. The molecule has 0 unspecified atom stereocenters. The van der Waals surface area contributed by atoms with Crippen molar-refractivity contribution < 1.29 is 9.59 Å². The largest absolute Gasteiger partial charge is 0.368 e. The molecule has 3 rings (SSSR count). The van der Waals surface area contributed by atoms with Gasteiger partial charge in [-0.3, -0.25) is 4.79 Å². The number of urea groups is 1. The van der Waals surface area contributed by atoms with Gasteiger partial charge in [-0.1, -0.05) is 54.6 Å². The summed E-state index contributed by atoms with van der Waals surface area (Å²) >= 11 is 0. The molecule has 0 radical (unpaired) electrons. The molecule has 1 fully saturated rings. The number of primary amides is 1.